The van der Waals surface area contributed by atoms with Crippen molar-refractivity contribution in [2.45, 2.75) is 0 Å². The van der Waals surface area contributed by atoms with Gasteiger partial charge in [-0.15, -0.1) is 0 Å². The normalized spacial score (nSPS) is 14.9. The molecule has 8 heteroatoms. The summed E-state index contributed by atoms with van der Waals surface area (Å²) in [7, 11) is 0. The summed E-state index contributed by atoms with van der Waals surface area (Å²) in [6, 6.07) is 10.00. The van der Waals surface area contributed by atoms with Crippen molar-refractivity contribution in [2.75, 3.05) is 36.0 Å². The van der Waals surface area contributed by atoms with Gasteiger partial charge in [0.25, 0.3) is 0 Å². The Bertz CT molecular complexity index is 986. The monoisotopic (exact) mass is 363 g/mol. The van der Waals surface area contributed by atoms with E-state index in [1.807, 2.05) is 42.9 Å². The summed E-state index contributed by atoms with van der Waals surface area (Å²) < 4.78 is 2.97. The van der Waals surface area contributed by atoms with Crippen LogP contribution in [0.5, 0.6) is 0 Å². The van der Waals surface area contributed by atoms with Gasteiger partial charge in [0.1, 0.15) is 11.3 Å². The number of thiazole rings is 1. The number of nitrogens with zero attached hydrogens (tertiary/aromatic N) is 7. The molecule has 1 fully saturated rings. The largest absolute Gasteiger partial charge is 0.353 e. The second-order valence-electron chi connectivity index (χ2n) is 6.12. The Balaban J connectivity index is 1.32. The second-order valence-corrected chi connectivity index (χ2v) is 7.13. The molecule has 1 saturated heterocycles. The number of fused-ring (bicyclic) bond motifs is 1. The first-order chi connectivity index (χ1) is 12.9. The molecule has 1 aliphatic rings. The van der Waals surface area contributed by atoms with E-state index in [-0.39, 0.29) is 0 Å². The highest BCUT2D eigenvalue weighted by atomic mass is 32.1. The van der Waals surface area contributed by atoms with Crippen LogP contribution in [0.4, 0.5) is 10.9 Å². The lowest BCUT2D eigenvalue weighted by molar-refractivity contribution is 0.645. The lowest BCUT2D eigenvalue weighted by Crippen LogP contribution is -2.46. The van der Waals surface area contributed by atoms with Gasteiger partial charge in [-0.25, -0.2) is 14.6 Å². The SMILES string of the molecule is c1cc(N2CCN(c3nc4cnccc4s3)CC2)nc(-n2cccn2)c1. The molecule has 0 bridgehead atoms. The van der Waals surface area contributed by atoms with Crippen molar-refractivity contribution in [3.8, 4) is 5.82 Å². The number of aromatic nitrogens is 5. The zero-order valence-electron chi connectivity index (χ0n) is 14.1. The fraction of sp³-hybridized carbons (Fsp3) is 0.222. The molecule has 0 spiro atoms. The van der Waals surface area contributed by atoms with Gasteiger partial charge in [0.05, 0.1) is 10.9 Å². The van der Waals surface area contributed by atoms with E-state index in [9.17, 15) is 0 Å². The van der Waals surface area contributed by atoms with Crippen LogP contribution in [0.15, 0.2) is 55.1 Å². The summed E-state index contributed by atoms with van der Waals surface area (Å²) >= 11 is 1.73. The molecule has 7 nitrogen and oxygen atoms in total. The summed E-state index contributed by atoms with van der Waals surface area (Å²) in [6.07, 6.45) is 7.32. The van der Waals surface area contributed by atoms with E-state index in [0.29, 0.717) is 0 Å². The minimum absolute atomic E-state index is 0.841. The number of piperazine rings is 1. The molecule has 4 aromatic rings. The zero-order chi connectivity index (χ0) is 17.3. The second kappa shape index (κ2) is 6.38. The van der Waals surface area contributed by atoms with E-state index in [4.69, 9.17) is 9.97 Å². The quantitative estimate of drug-likeness (QED) is 0.558. The van der Waals surface area contributed by atoms with Crippen molar-refractivity contribution >= 4 is 32.5 Å². The highest BCUT2D eigenvalue weighted by Crippen LogP contribution is 2.29. The maximum atomic E-state index is 4.76. The van der Waals surface area contributed by atoms with E-state index >= 15 is 0 Å². The van der Waals surface area contributed by atoms with Gasteiger partial charge in [0, 0.05) is 44.8 Å². The van der Waals surface area contributed by atoms with Crippen LogP contribution in [0.1, 0.15) is 0 Å². The van der Waals surface area contributed by atoms with E-state index < -0.39 is 0 Å². The summed E-state index contributed by atoms with van der Waals surface area (Å²) in [4.78, 5) is 18.3. The summed E-state index contributed by atoms with van der Waals surface area (Å²) in [5, 5.41) is 5.34. The van der Waals surface area contributed by atoms with Gasteiger partial charge in [0.2, 0.25) is 0 Å². The third-order valence-corrected chi connectivity index (χ3v) is 5.61. The van der Waals surface area contributed by atoms with Crippen LogP contribution < -0.4 is 9.80 Å². The molecular formula is C18H17N7S. The Morgan fingerprint density at radius 2 is 1.69 bits per heavy atom. The minimum atomic E-state index is 0.841. The van der Waals surface area contributed by atoms with Crippen molar-refractivity contribution in [3.63, 3.8) is 0 Å². The molecule has 0 radical (unpaired) electrons. The van der Waals surface area contributed by atoms with Gasteiger partial charge in [-0.3, -0.25) is 4.98 Å². The lowest BCUT2D eigenvalue weighted by Gasteiger charge is -2.35. The Morgan fingerprint density at radius 1 is 0.846 bits per heavy atom. The van der Waals surface area contributed by atoms with Crippen molar-refractivity contribution in [1.29, 1.82) is 0 Å². The average Bonchev–Trinajstić information content (AvgIpc) is 3.38. The number of pyridine rings is 2. The van der Waals surface area contributed by atoms with E-state index in [1.54, 1.807) is 22.2 Å². The molecular weight excluding hydrogens is 346 g/mol. The predicted octanol–water partition coefficient (Wildman–Crippen LogP) is 2.60. The number of hydrogen-bond acceptors (Lipinski definition) is 7. The molecule has 0 aliphatic carbocycles. The molecule has 4 aromatic heterocycles. The first-order valence-corrected chi connectivity index (χ1v) is 9.36. The summed E-state index contributed by atoms with van der Waals surface area (Å²) in [6.45, 7) is 3.70. The van der Waals surface area contributed by atoms with Gasteiger partial charge in [0.15, 0.2) is 10.9 Å². The molecule has 1 aliphatic heterocycles. The molecule has 130 valence electrons. The van der Waals surface area contributed by atoms with Gasteiger partial charge in [-0.1, -0.05) is 17.4 Å². The van der Waals surface area contributed by atoms with E-state index in [2.05, 4.69) is 25.9 Å². The predicted molar refractivity (Wildman–Crippen MR) is 103 cm³/mol. The van der Waals surface area contributed by atoms with Crippen LogP contribution in [-0.2, 0) is 0 Å². The minimum Gasteiger partial charge on any atom is -0.353 e. The molecule has 0 unspecified atom stereocenters. The highest BCUT2D eigenvalue weighted by molar-refractivity contribution is 7.22. The third-order valence-electron chi connectivity index (χ3n) is 4.51. The van der Waals surface area contributed by atoms with Gasteiger partial charge < -0.3 is 9.80 Å². The van der Waals surface area contributed by atoms with Crippen LogP contribution >= 0.6 is 11.3 Å². The van der Waals surface area contributed by atoms with Crippen LogP contribution in [0, 0.1) is 0 Å². The summed E-state index contributed by atoms with van der Waals surface area (Å²) in [5.41, 5.74) is 0.975. The standard InChI is InChI=1S/C18H17N7S/c1-3-16(22-17(4-1)25-8-2-6-20-25)23-9-11-24(12-10-23)18-21-14-13-19-7-5-15(14)26-18/h1-8,13H,9-12H2. The third kappa shape index (κ3) is 2.78. The first kappa shape index (κ1) is 15.3. The first-order valence-electron chi connectivity index (χ1n) is 8.54. The molecule has 0 atom stereocenters. The zero-order valence-corrected chi connectivity index (χ0v) is 14.9. The van der Waals surface area contributed by atoms with E-state index in [1.165, 1.54) is 4.70 Å². The molecule has 5 rings (SSSR count). The Labute approximate surface area is 154 Å². The van der Waals surface area contributed by atoms with Gasteiger partial charge >= 0.3 is 0 Å². The Morgan fingerprint density at radius 3 is 2.50 bits per heavy atom. The number of hydrogen-bond donors (Lipinski definition) is 0. The van der Waals surface area contributed by atoms with Crippen molar-refractivity contribution < 1.29 is 0 Å². The smallest absolute Gasteiger partial charge is 0.186 e. The molecule has 0 amide bonds. The van der Waals surface area contributed by atoms with Crippen molar-refractivity contribution in [3.05, 3.63) is 55.1 Å². The average molecular weight is 363 g/mol. The van der Waals surface area contributed by atoms with Crippen LogP contribution in [0.25, 0.3) is 16.0 Å². The molecule has 26 heavy (non-hydrogen) atoms. The molecule has 5 heterocycles. The molecule has 0 saturated carbocycles. The van der Waals surface area contributed by atoms with Crippen LogP contribution in [0.3, 0.4) is 0 Å². The highest BCUT2D eigenvalue weighted by Gasteiger charge is 2.21. The fourth-order valence-electron chi connectivity index (χ4n) is 3.15. The van der Waals surface area contributed by atoms with Gasteiger partial charge in [-0.2, -0.15) is 5.10 Å². The van der Waals surface area contributed by atoms with Gasteiger partial charge in [-0.05, 0) is 24.3 Å². The topological polar surface area (TPSA) is 63.0 Å². The lowest BCUT2D eigenvalue weighted by atomic mass is 10.3. The van der Waals surface area contributed by atoms with E-state index in [0.717, 1.165) is 48.5 Å². The van der Waals surface area contributed by atoms with Crippen molar-refractivity contribution in [1.82, 2.24) is 24.7 Å². The maximum absolute atomic E-state index is 4.76. The summed E-state index contributed by atoms with van der Waals surface area (Å²) in [5.74, 6) is 1.83. The number of rotatable bonds is 3. The number of anilines is 2. The maximum Gasteiger partial charge on any atom is 0.186 e. The fourth-order valence-corrected chi connectivity index (χ4v) is 4.13. The van der Waals surface area contributed by atoms with Crippen LogP contribution in [-0.4, -0.2) is 50.9 Å². The Kier molecular flexibility index (Phi) is 3.75. The van der Waals surface area contributed by atoms with Crippen LogP contribution in [0.2, 0.25) is 0 Å². The Hall–Kier alpha value is -3.00. The molecule has 0 aromatic carbocycles. The van der Waals surface area contributed by atoms with Crippen molar-refractivity contribution in [2.24, 2.45) is 0 Å². The molecule has 0 N–H and O–H groups in total.